The summed E-state index contributed by atoms with van der Waals surface area (Å²) in [6, 6.07) is 15.6. The zero-order chi connectivity index (χ0) is 16.2. The number of ketones is 1. The van der Waals surface area contributed by atoms with Gasteiger partial charge in [-0.2, -0.15) is 0 Å². The number of hydrogen-bond donors (Lipinski definition) is 0. The highest BCUT2D eigenvalue weighted by molar-refractivity contribution is 9.10. The van der Waals surface area contributed by atoms with Crippen molar-refractivity contribution in [1.29, 1.82) is 0 Å². The second-order valence-electron chi connectivity index (χ2n) is 6.08. The highest BCUT2D eigenvalue weighted by atomic mass is 79.9. The zero-order valence-corrected chi connectivity index (χ0v) is 14.9. The summed E-state index contributed by atoms with van der Waals surface area (Å²) in [6.07, 6.45) is 0. The first-order valence-corrected chi connectivity index (χ1v) is 8.72. The Kier molecular flexibility index (Phi) is 5.26. The van der Waals surface area contributed by atoms with Gasteiger partial charge in [0.1, 0.15) is 0 Å². The quantitative estimate of drug-likeness (QED) is 0.768. The molecule has 2 aromatic rings. The molecule has 1 fully saturated rings. The van der Waals surface area contributed by atoms with Gasteiger partial charge in [0.05, 0.1) is 0 Å². The summed E-state index contributed by atoms with van der Waals surface area (Å²) in [7, 11) is 2.15. The number of likely N-dealkylation sites (N-methyl/N-ethyl adjacent to an activating group) is 1. The van der Waals surface area contributed by atoms with E-state index in [1.54, 1.807) is 0 Å². The lowest BCUT2D eigenvalue weighted by Gasteiger charge is -2.32. The Labute approximate surface area is 146 Å². The Morgan fingerprint density at radius 2 is 1.78 bits per heavy atom. The minimum Gasteiger partial charge on any atom is -0.304 e. The van der Waals surface area contributed by atoms with Crippen LogP contribution in [0.15, 0.2) is 53.0 Å². The van der Waals surface area contributed by atoms with Crippen molar-refractivity contribution in [3.8, 4) is 0 Å². The normalized spacial score (nSPS) is 16.4. The maximum atomic E-state index is 12.9. The van der Waals surface area contributed by atoms with Crippen LogP contribution >= 0.6 is 15.9 Å². The molecule has 3 nitrogen and oxygen atoms in total. The number of halogens is 1. The molecular weight excluding hydrogens is 352 g/mol. The van der Waals surface area contributed by atoms with Crippen molar-refractivity contribution in [2.75, 3.05) is 33.2 Å². The smallest absolute Gasteiger partial charge is 0.193 e. The molecule has 1 aliphatic heterocycles. The Balaban J connectivity index is 1.81. The minimum absolute atomic E-state index is 0.0935. The predicted octanol–water partition coefficient (Wildman–Crippen LogP) is 3.43. The minimum atomic E-state index is 0.0935. The third-order valence-corrected chi connectivity index (χ3v) is 4.83. The van der Waals surface area contributed by atoms with E-state index in [1.807, 2.05) is 42.5 Å². The van der Waals surface area contributed by atoms with E-state index in [4.69, 9.17) is 0 Å². The van der Waals surface area contributed by atoms with Crippen molar-refractivity contribution in [1.82, 2.24) is 9.80 Å². The third kappa shape index (κ3) is 4.08. The van der Waals surface area contributed by atoms with Gasteiger partial charge in [-0.3, -0.25) is 9.69 Å². The number of piperazine rings is 1. The van der Waals surface area contributed by atoms with E-state index in [0.717, 1.165) is 53.9 Å². The molecule has 0 spiro atoms. The molecule has 0 atom stereocenters. The van der Waals surface area contributed by atoms with E-state index < -0.39 is 0 Å². The molecule has 0 aliphatic carbocycles. The van der Waals surface area contributed by atoms with Gasteiger partial charge < -0.3 is 4.90 Å². The zero-order valence-electron chi connectivity index (χ0n) is 13.3. The average molecular weight is 373 g/mol. The molecule has 0 amide bonds. The Bertz CT molecular complexity index is 693. The average Bonchev–Trinajstić information content (AvgIpc) is 2.57. The Hall–Kier alpha value is -1.49. The van der Waals surface area contributed by atoms with E-state index in [1.165, 1.54) is 0 Å². The second kappa shape index (κ2) is 7.39. The van der Waals surface area contributed by atoms with Gasteiger partial charge in [0, 0.05) is 48.3 Å². The van der Waals surface area contributed by atoms with Crippen molar-refractivity contribution in [3.05, 3.63) is 69.7 Å². The second-order valence-corrected chi connectivity index (χ2v) is 6.99. The molecule has 3 rings (SSSR count). The Morgan fingerprint density at radius 3 is 2.52 bits per heavy atom. The molecule has 2 aromatic carbocycles. The van der Waals surface area contributed by atoms with Gasteiger partial charge in [-0.1, -0.05) is 52.3 Å². The van der Waals surface area contributed by atoms with Crippen LogP contribution in [0.3, 0.4) is 0 Å². The molecule has 0 saturated carbocycles. The maximum absolute atomic E-state index is 12.9. The van der Waals surface area contributed by atoms with E-state index in [2.05, 4.69) is 38.8 Å². The maximum Gasteiger partial charge on any atom is 0.193 e. The summed E-state index contributed by atoms with van der Waals surface area (Å²) in [4.78, 5) is 17.6. The van der Waals surface area contributed by atoms with Crippen molar-refractivity contribution in [3.63, 3.8) is 0 Å². The lowest BCUT2D eigenvalue weighted by molar-refractivity contribution is 0.103. The number of nitrogens with zero attached hydrogens (tertiary/aromatic N) is 2. The number of carbonyl (C=O) groups excluding carboxylic acids is 1. The number of carbonyl (C=O) groups is 1. The van der Waals surface area contributed by atoms with Crippen molar-refractivity contribution in [2.24, 2.45) is 0 Å². The highest BCUT2D eigenvalue weighted by Gasteiger charge is 2.18. The van der Waals surface area contributed by atoms with Crippen LogP contribution in [0.25, 0.3) is 0 Å². The largest absolute Gasteiger partial charge is 0.304 e. The molecule has 1 saturated heterocycles. The lowest BCUT2D eigenvalue weighted by Crippen LogP contribution is -2.44. The van der Waals surface area contributed by atoms with Gasteiger partial charge in [0.15, 0.2) is 5.78 Å². The first-order chi connectivity index (χ1) is 11.1. The fraction of sp³-hybridized carbons (Fsp3) is 0.316. The fourth-order valence-corrected chi connectivity index (χ4v) is 3.31. The topological polar surface area (TPSA) is 23.6 Å². The standard InChI is InChI=1S/C19H21BrN2O/c1-21-9-11-22(12-10-21)14-16-5-2-3-8-18(16)19(23)15-6-4-7-17(20)13-15/h2-8,13H,9-12,14H2,1H3. The van der Waals surface area contributed by atoms with Crippen molar-refractivity contribution < 1.29 is 4.79 Å². The first kappa shape index (κ1) is 16.4. The van der Waals surface area contributed by atoms with Crippen LogP contribution < -0.4 is 0 Å². The molecule has 0 aromatic heterocycles. The van der Waals surface area contributed by atoms with Crippen LogP contribution in [0.2, 0.25) is 0 Å². The summed E-state index contributed by atoms with van der Waals surface area (Å²) in [5.74, 6) is 0.0935. The number of rotatable bonds is 4. The van der Waals surface area contributed by atoms with Gasteiger partial charge in [0.2, 0.25) is 0 Å². The van der Waals surface area contributed by atoms with Crippen LogP contribution in [-0.4, -0.2) is 48.8 Å². The summed E-state index contributed by atoms with van der Waals surface area (Å²) < 4.78 is 0.930. The molecule has 120 valence electrons. The van der Waals surface area contributed by atoms with Crippen molar-refractivity contribution >= 4 is 21.7 Å². The summed E-state index contributed by atoms with van der Waals surface area (Å²) in [5.41, 5.74) is 2.65. The lowest BCUT2D eigenvalue weighted by atomic mass is 9.98. The van der Waals surface area contributed by atoms with Crippen molar-refractivity contribution in [2.45, 2.75) is 6.54 Å². The molecule has 1 aliphatic rings. The third-order valence-electron chi connectivity index (χ3n) is 4.34. The highest BCUT2D eigenvalue weighted by Crippen LogP contribution is 2.19. The first-order valence-electron chi connectivity index (χ1n) is 7.92. The number of hydrogen-bond acceptors (Lipinski definition) is 3. The number of benzene rings is 2. The van der Waals surface area contributed by atoms with Crippen LogP contribution in [-0.2, 0) is 6.54 Å². The van der Waals surface area contributed by atoms with E-state index in [9.17, 15) is 4.79 Å². The van der Waals surface area contributed by atoms with E-state index >= 15 is 0 Å². The molecular formula is C19H21BrN2O. The molecule has 0 bridgehead atoms. The fourth-order valence-electron chi connectivity index (χ4n) is 2.91. The molecule has 1 heterocycles. The van der Waals surface area contributed by atoms with E-state index in [0.29, 0.717) is 0 Å². The van der Waals surface area contributed by atoms with E-state index in [-0.39, 0.29) is 5.78 Å². The molecule has 0 unspecified atom stereocenters. The molecule has 4 heteroatoms. The monoisotopic (exact) mass is 372 g/mol. The summed E-state index contributed by atoms with van der Waals surface area (Å²) in [5, 5.41) is 0. The van der Waals surface area contributed by atoms with Gasteiger partial charge >= 0.3 is 0 Å². The summed E-state index contributed by atoms with van der Waals surface area (Å²) >= 11 is 3.44. The predicted molar refractivity (Wildman–Crippen MR) is 96.8 cm³/mol. The van der Waals surface area contributed by atoms with Crippen LogP contribution in [0.1, 0.15) is 21.5 Å². The van der Waals surface area contributed by atoms with Crippen LogP contribution in [0, 0.1) is 0 Å². The van der Waals surface area contributed by atoms with Gasteiger partial charge in [-0.25, -0.2) is 0 Å². The van der Waals surface area contributed by atoms with Gasteiger partial charge in [-0.05, 0) is 24.7 Å². The molecule has 0 N–H and O–H groups in total. The van der Waals surface area contributed by atoms with Gasteiger partial charge in [-0.15, -0.1) is 0 Å². The Morgan fingerprint density at radius 1 is 1.04 bits per heavy atom. The molecule has 0 radical (unpaired) electrons. The molecule has 23 heavy (non-hydrogen) atoms. The van der Waals surface area contributed by atoms with Crippen LogP contribution in [0.5, 0.6) is 0 Å². The van der Waals surface area contributed by atoms with Crippen LogP contribution in [0.4, 0.5) is 0 Å². The summed E-state index contributed by atoms with van der Waals surface area (Å²) in [6.45, 7) is 5.11. The SMILES string of the molecule is CN1CCN(Cc2ccccc2C(=O)c2cccc(Br)c2)CC1. The van der Waals surface area contributed by atoms with Gasteiger partial charge in [0.25, 0.3) is 0 Å².